The van der Waals surface area contributed by atoms with Crippen LogP contribution in [-0.4, -0.2) is 23.9 Å². The number of hydrogen-bond donors (Lipinski definition) is 2. The lowest BCUT2D eigenvalue weighted by atomic mass is 10.3. The van der Waals surface area contributed by atoms with Crippen LogP contribution in [-0.2, 0) is 9.53 Å². The SMILES string of the molecule is COC(=O)/C(C)=N/NC(=S)Nc1ccccc1. The number of esters is 1. The fourth-order valence-corrected chi connectivity index (χ4v) is 1.17. The minimum atomic E-state index is -0.500. The Labute approximate surface area is 105 Å². The standard InChI is InChI=1S/C11H13N3O2S/c1-8(10(15)16-2)13-14-11(17)12-9-6-4-3-5-7-9/h3-7H,1-2H3,(H2,12,14,17)/b13-8+. The van der Waals surface area contributed by atoms with E-state index in [4.69, 9.17) is 12.2 Å². The van der Waals surface area contributed by atoms with E-state index in [2.05, 4.69) is 20.6 Å². The summed E-state index contributed by atoms with van der Waals surface area (Å²) in [6.45, 7) is 1.53. The van der Waals surface area contributed by atoms with Gasteiger partial charge in [-0.05, 0) is 31.3 Å². The van der Waals surface area contributed by atoms with Gasteiger partial charge in [-0.15, -0.1) is 0 Å². The summed E-state index contributed by atoms with van der Waals surface area (Å²) in [5, 5.41) is 7.00. The zero-order valence-electron chi connectivity index (χ0n) is 9.56. The average Bonchev–Trinajstić information content (AvgIpc) is 2.36. The second-order valence-electron chi connectivity index (χ2n) is 3.12. The molecule has 6 heteroatoms. The molecule has 0 aromatic heterocycles. The van der Waals surface area contributed by atoms with Crippen molar-refractivity contribution in [2.24, 2.45) is 5.10 Å². The first-order chi connectivity index (χ1) is 8.13. The number of nitrogens with zero attached hydrogens (tertiary/aromatic N) is 1. The van der Waals surface area contributed by atoms with Crippen molar-refractivity contribution in [3.63, 3.8) is 0 Å². The van der Waals surface area contributed by atoms with Crippen LogP contribution < -0.4 is 10.7 Å². The van der Waals surface area contributed by atoms with Crippen molar-refractivity contribution in [2.45, 2.75) is 6.92 Å². The Morgan fingerprint density at radius 2 is 2.00 bits per heavy atom. The molecule has 0 spiro atoms. The summed E-state index contributed by atoms with van der Waals surface area (Å²) >= 11 is 5.00. The molecular formula is C11H13N3O2S. The number of nitrogens with one attached hydrogen (secondary N) is 2. The summed E-state index contributed by atoms with van der Waals surface area (Å²) in [4.78, 5) is 11.0. The van der Waals surface area contributed by atoms with Gasteiger partial charge in [0, 0.05) is 5.69 Å². The van der Waals surface area contributed by atoms with Gasteiger partial charge >= 0.3 is 5.97 Å². The number of ether oxygens (including phenoxy) is 1. The summed E-state index contributed by atoms with van der Waals surface area (Å²) in [5.74, 6) is -0.500. The molecule has 5 nitrogen and oxygen atoms in total. The van der Waals surface area contributed by atoms with Crippen LogP contribution in [0.5, 0.6) is 0 Å². The van der Waals surface area contributed by atoms with Crippen molar-refractivity contribution in [1.82, 2.24) is 5.43 Å². The second kappa shape index (κ2) is 6.59. The fourth-order valence-electron chi connectivity index (χ4n) is 1.01. The van der Waals surface area contributed by atoms with Gasteiger partial charge < -0.3 is 10.1 Å². The van der Waals surface area contributed by atoms with E-state index in [1.807, 2.05) is 30.3 Å². The van der Waals surface area contributed by atoms with Gasteiger partial charge in [0.05, 0.1) is 7.11 Å². The van der Waals surface area contributed by atoms with Crippen molar-refractivity contribution in [2.75, 3.05) is 12.4 Å². The first-order valence-electron chi connectivity index (χ1n) is 4.88. The topological polar surface area (TPSA) is 62.7 Å². The maximum absolute atomic E-state index is 11.0. The van der Waals surface area contributed by atoms with E-state index in [0.717, 1.165) is 5.69 Å². The Kier molecular flexibility index (Phi) is 5.09. The van der Waals surface area contributed by atoms with Crippen LogP contribution in [0.25, 0.3) is 0 Å². The van der Waals surface area contributed by atoms with Gasteiger partial charge in [-0.25, -0.2) is 4.79 Å². The van der Waals surface area contributed by atoms with Gasteiger partial charge in [0.25, 0.3) is 0 Å². The highest BCUT2D eigenvalue weighted by Crippen LogP contribution is 2.04. The van der Waals surface area contributed by atoms with E-state index in [-0.39, 0.29) is 5.71 Å². The maximum atomic E-state index is 11.0. The van der Waals surface area contributed by atoms with Crippen LogP contribution in [0.1, 0.15) is 6.92 Å². The molecule has 0 atom stereocenters. The highest BCUT2D eigenvalue weighted by molar-refractivity contribution is 7.80. The number of methoxy groups -OCH3 is 1. The Balaban J connectivity index is 2.48. The minimum Gasteiger partial charge on any atom is -0.464 e. The van der Waals surface area contributed by atoms with E-state index in [0.29, 0.717) is 5.11 Å². The number of para-hydroxylation sites is 1. The average molecular weight is 251 g/mol. The number of benzene rings is 1. The summed E-state index contributed by atoms with van der Waals surface area (Å²) in [6, 6.07) is 9.40. The summed E-state index contributed by atoms with van der Waals surface area (Å²) in [5.41, 5.74) is 3.60. The third kappa shape index (κ3) is 4.60. The number of hydrazone groups is 1. The van der Waals surface area contributed by atoms with Gasteiger partial charge in [-0.3, -0.25) is 5.43 Å². The molecule has 0 amide bonds. The first-order valence-corrected chi connectivity index (χ1v) is 5.29. The molecule has 0 aliphatic heterocycles. The highest BCUT2D eigenvalue weighted by Gasteiger charge is 2.04. The number of rotatable bonds is 3. The first kappa shape index (κ1) is 13.1. The van der Waals surface area contributed by atoms with Crippen molar-refractivity contribution in [1.29, 1.82) is 0 Å². The number of carbonyl (C=O) groups excluding carboxylic acids is 1. The molecule has 0 aliphatic carbocycles. The highest BCUT2D eigenvalue weighted by atomic mass is 32.1. The molecule has 0 bridgehead atoms. The molecule has 0 saturated heterocycles. The molecule has 0 aliphatic rings. The molecule has 17 heavy (non-hydrogen) atoms. The van der Waals surface area contributed by atoms with E-state index in [9.17, 15) is 4.79 Å². The lowest BCUT2D eigenvalue weighted by molar-refractivity contribution is -0.132. The molecule has 1 rings (SSSR count). The molecule has 0 radical (unpaired) electrons. The summed E-state index contributed by atoms with van der Waals surface area (Å²) in [6.07, 6.45) is 0. The van der Waals surface area contributed by atoms with Crippen molar-refractivity contribution >= 4 is 34.7 Å². The van der Waals surface area contributed by atoms with Crippen LogP contribution in [0.3, 0.4) is 0 Å². The van der Waals surface area contributed by atoms with Crippen molar-refractivity contribution in [3.8, 4) is 0 Å². The molecular weight excluding hydrogens is 238 g/mol. The fraction of sp³-hybridized carbons (Fsp3) is 0.182. The number of thiocarbonyl (C=S) groups is 1. The molecule has 0 unspecified atom stereocenters. The molecule has 90 valence electrons. The van der Waals surface area contributed by atoms with Crippen LogP contribution >= 0.6 is 12.2 Å². The number of hydrogen-bond acceptors (Lipinski definition) is 4. The smallest absolute Gasteiger partial charge is 0.353 e. The predicted octanol–water partition coefficient (Wildman–Crippen LogP) is 1.52. The van der Waals surface area contributed by atoms with Gasteiger partial charge in [-0.1, -0.05) is 18.2 Å². The molecule has 2 N–H and O–H groups in total. The Bertz CT molecular complexity index is 432. The zero-order valence-corrected chi connectivity index (χ0v) is 10.4. The second-order valence-corrected chi connectivity index (χ2v) is 3.53. The Hall–Kier alpha value is -1.95. The largest absolute Gasteiger partial charge is 0.464 e. The number of anilines is 1. The summed E-state index contributed by atoms with van der Waals surface area (Å²) in [7, 11) is 1.29. The number of carbonyl (C=O) groups is 1. The molecule has 1 aromatic rings. The molecule has 1 aromatic carbocycles. The summed E-state index contributed by atoms with van der Waals surface area (Å²) < 4.78 is 4.49. The molecule has 0 fully saturated rings. The van der Waals surface area contributed by atoms with Crippen LogP contribution in [0.4, 0.5) is 5.69 Å². The van der Waals surface area contributed by atoms with E-state index in [1.165, 1.54) is 14.0 Å². The van der Waals surface area contributed by atoms with Gasteiger partial charge in [0.15, 0.2) is 5.11 Å². The third-order valence-corrected chi connectivity index (χ3v) is 2.03. The third-order valence-electron chi connectivity index (χ3n) is 1.84. The molecule has 0 heterocycles. The monoisotopic (exact) mass is 251 g/mol. The van der Waals surface area contributed by atoms with E-state index < -0.39 is 5.97 Å². The van der Waals surface area contributed by atoms with Crippen molar-refractivity contribution in [3.05, 3.63) is 30.3 Å². The Morgan fingerprint density at radius 1 is 1.35 bits per heavy atom. The van der Waals surface area contributed by atoms with Crippen LogP contribution in [0.15, 0.2) is 35.4 Å². The van der Waals surface area contributed by atoms with E-state index in [1.54, 1.807) is 0 Å². The van der Waals surface area contributed by atoms with Crippen LogP contribution in [0.2, 0.25) is 0 Å². The quantitative estimate of drug-likeness (QED) is 0.369. The lowest BCUT2D eigenvalue weighted by Crippen LogP contribution is -2.26. The zero-order chi connectivity index (χ0) is 12.7. The van der Waals surface area contributed by atoms with Crippen LogP contribution in [0, 0.1) is 0 Å². The minimum absolute atomic E-state index is 0.199. The van der Waals surface area contributed by atoms with E-state index >= 15 is 0 Å². The van der Waals surface area contributed by atoms with Gasteiger partial charge in [0.1, 0.15) is 5.71 Å². The van der Waals surface area contributed by atoms with Gasteiger partial charge in [-0.2, -0.15) is 5.10 Å². The van der Waals surface area contributed by atoms with Crippen molar-refractivity contribution < 1.29 is 9.53 Å². The Morgan fingerprint density at radius 3 is 2.59 bits per heavy atom. The molecule has 0 saturated carbocycles. The maximum Gasteiger partial charge on any atom is 0.353 e. The normalized spacial score (nSPS) is 10.6. The predicted molar refractivity (Wildman–Crippen MR) is 70.9 cm³/mol. The lowest BCUT2D eigenvalue weighted by Gasteiger charge is -2.06. The van der Waals surface area contributed by atoms with Gasteiger partial charge in [0.2, 0.25) is 0 Å².